The Hall–Kier alpha value is -3.71. The Kier molecular flexibility index (Phi) is 8.34. The number of nitriles is 1. The van der Waals surface area contributed by atoms with Crippen molar-refractivity contribution in [2.45, 2.75) is 5.16 Å². The Morgan fingerprint density at radius 1 is 1.00 bits per heavy atom. The van der Waals surface area contributed by atoms with Crippen molar-refractivity contribution in [1.82, 2.24) is 9.97 Å². The summed E-state index contributed by atoms with van der Waals surface area (Å²) in [5.74, 6) is 0.555. The molecule has 0 saturated carbocycles. The molecule has 1 fully saturated rings. The molecule has 0 spiro atoms. The van der Waals surface area contributed by atoms with E-state index in [2.05, 4.69) is 42.2 Å². The van der Waals surface area contributed by atoms with Crippen LogP contribution in [-0.2, 0) is 4.74 Å². The molecule has 0 atom stereocenters. The van der Waals surface area contributed by atoms with Gasteiger partial charge in [-0.3, -0.25) is 4.79 Å². The van der Waals surface area contributed by atoms with Crippen molar-refractivity contribution in [3.8, 4) is 17.3 Å². The van der Waals surface area contributed by atoms with Crippen molar-refractivity contribution in [2.24, 2.45) is 0 Å². The number of aromatic nitrogens is 2. The maximum absolute atomic E-state index is 12.8. The first kappa shape index (κ1) is 25.9. The number of halogens is 1. The van der Waals surface area contributed by atoms with E-state index < -0.39 is 0 Å². The highest BCUT2D eigenvalue weighted by Crippen LogP contribution is 2.31. The van der Waals surface area contributed by atoms with Crippen LogP contribution in [0.15, 0.2) is 88.5 Å². The first-order chi connectivity index (χ1) is 18.6. The monoisotopic (exact) mass is 585 g/mol. The molecule has 1 saturated heterocycles. The molecule has 2 heterocycles. The molecule has 1 N–H and O–H groups in total. The number of anilines is 3. The highest BCUT2D eigenvalue weighted by molar-refractivity contribution is 9.10. The first-order valence-corrected chi connectivity index (χ1v) is 13.9. The van der Waals surface area contributed by atoms with E-state index in [0.29, 0.717) is 27.8 Å². The quantitative estimate of drug-likeness (QED) is 0.146. The topological polar surface area (TPSA) is 91.1 Å². The van der Waals surface area contributed by atoms with Crippen LogP contribution in [-0.4, -0.2) is 47.8 Å². The zero-order chi connectivity index (χ0) is 26.3. The van der Waals surface area contributed by atoms with Crippen molar-refractivity contribution in [3.05, 3.63) is 94.5 Å². The van der Waals surface area contributed by atoms with Crippen LogP contribution in [0.5, 0.6) is 0 Å². The number of nitrogens with zero attached hydrogens (tertiary/aromatic N) is 4. The number of ketones is 1. The lowest BCUT2D eigenvalue weighted by atomic mass is 10.1. The average Bonchev–Trinajstić information content (AvgIpc) is 2.97. The number of morpholine rings is 1. The van der Waals surface area contributed by atoms with E-state index in [1.807, 2.05) is 66.7 Å². The number of carbonyl (C=O) groups is 1. The maximum atomic E-state index is 12.8. The lowest BCUT2D eigenvalue weighted by molar-refractivity contribution is 0.102. The second-order valence-electron chi connectivity index (χ2n) is 8.55. The average molecular weight is 587 g/mol. The van der Waals surface area contributed by atoms with Gasteiger partial charge < -0.3 is 15.0 Å². The van der Waals surface area contributed by atoms with Crippen LogP contribution in [0, 0.1) is 11.3 Å². The van der Waals surface area contributed by atoms with Gasteiger partial charge in [0.2, 0.25) is 0 Å². The van der Waals surface area contributed by atoms with Crippen LogP contribution >= 0.6 is 27.7 Å². The van der Waals surface area contributed by atoms with E-state index in [9.17, 15) is 10.1 Å². The second-order valence-corrected chi connectivity index (χ2v) is 10.4. The normalized spacial score (nSPS) is 13.1. The van der Waals surface area contributed by atoms with Gasteiger partial charge in [0.15, 0.2) is 16.8 Å². The Morgan fingerprint density at radius 2 is 1.71 bits per heavy atom. The molecule has 0 unspecified atom stereocenters. The second kappa shape index (κ2) is 12.2. The summed E-state index contributed by atoms with van der Waals surface area (Å²) < 4.78 is 6.36. The summed E-state index contributed by atoms with van der Waals surface area (Å²) in [6, 6.07) is 27.1. The third-order valence-corrected chi connectivity index (χ3v) is 7.43. The van der Waals surface area contributed by atoms with Gasteiger partial charge in [0, 0.05) is 40.1 Å². The Labute approximate surface area is 234 Å². The highest BCUT2D eigenvalue weighted by Gasteiger charge is 2.18. The Bertz CT molecular complexity index is 1450. The van der Waals surface area contributed by atoms with Gasteiger partial charge in [0.25, 0.3) is 0 Å². The fourth-order valence-electron chi connectivity index (χ4n) is 4.07. The smallest absolute Gasteiger partial charge is 0.190 e. The molecule has 0 amide bonds. The number of rotatable bonds is 8. The van der Waals surface area contributed by atoms with Gasteiger partial charge in [-0.2, -0.15) is 5.26 Å². The zero-order valence-electron chi connectivity index (χ0n) is 20.4. The number of nitrogens with one attached hydrogen (secondary N) is 1. The molecular weight excluding hydrogens is 562 g/mol. The van der Waals surface area contributed by atoms with E-state index >= 15 is 0 Å². The van der Waals surface area contributed by atoms with Crippen LogP contribution in [0.1, 0.15) is 15.9 Å². The van der Waals surface area contributed by atoms with Gasteiger partial charge in [0.05, 0.1) is 24.7 Å². The number of thioether (sulfide) groups is 1. The SMILES string of the molecule is N#Cc1c(Nc2ccc(N3CCOCC3)cc2)nc(SCC(=O)c2ccc(Br)cc2)nc1-c1ccccc1. The molecule has 0 radical (unpaired) electrons. The number of Topliss-reactive ketones (excluding diaryl/α,β-unsaturated/α-hetero) is 1. The van der Waals surface area contributed by atoms with Crippen molar-refractivity contribution in [1.29, 1.82) is 5.26 Å². The molecule has 9 heteroatoms. The highest BCUT2D eigenvalue weighted by atomic mass is 79.9. The van der Waals surface area contributed by atoms with Crippen LogP contribution in [0.25, 0.3) is 11.3 Å². The number of hydrogen-bond donors (Lipinski definition) is 1. The third kappa shape index (κ3) is 6.22. The zero-order valence-corrected chi connectivity index (χ0v) is 22.8. The van der Waals surface area contributed by atoms with E-state index in [1.54, 1.807) is 12.1 Å². The van der Waals surface area contributed by atoms with Gasteiger partial charge in [-0.05, 0) is 36.4 Å². The predicted molar refractivity (Wildman–Crippen MR) is 154 cm³/mol. The third-order valence-electron chi connectivity index (χ3n) is 6.05. The first-order valence-electron chi connectivity index (χ1n) is 12.1. The molecule has 1 aliphatic rings. The molecule has 0 bridgehead atoms. The van der Waals surface area contributed by atoms with Crippen LogP contribution < -0.4 is 10.2 Å². The summed E-state index contributed by atoms with van der Waals surface area (Å²) in [5.41, 5.74) is 4.22. The van der Waals surface area contributed by atoms with Crippen molar-refractivity contribution < 1.29 is 9.53 Å². The van der Waals surface area contributed by atoms with Gasteiger partial charge in [-0.15, -0.1) is 0 Å². The molecule has 38 heavy (non-hydrogen) atoms. The molecule has 1 aromatic heterocycles. The summed E-state index contributed by atoms with van der Waals surface area (Å²) in [6.45, 7) is 3.16. The molecule has 0 aliphatic carbocycles. The summed E-state index contributed by atoms with van der Waals surface area (Å²) in [5, 5.41) is 13.8. The van der Waals surface area contributed by atoms with E-state index in [4.69, 9.17) is 4.74 Å². The summed E-state index contributed by atoms with van der Waals surface area (Å²) in [7, 11) is 0. The van der Waals surface area contributed by atoms with Gasteiger partial charge >= 0.3 is 0 Å². The predicted octanol–water partition coefficient (Wildman–Crippen LogP) is 6.33. The molecule has 190 valence electrons. The summed E-state index contributed by atoms with van der Waals surface area (Å²) in [6.07, 6.45) is 0. The minimum absolute atomic E-state index is 0.0232. The molecule has 4 aromatic rings. The number of hydrogen-bond acceptors (Lipinski definition) is 8. The summed E-state index contributed by atoms with van der Waals surface area (Å²) >= 11 is 4.65. The van der Waals surface area contributed by atoms with E-state index in [-0.39, 0.29) is 11.5 Å². The minimum Gasteiger partial charge on any atom is -0.378 e. The van der Waals surface area contributed by atoms with Crippen LogP contribution in [0.4, 0.5) is 17.2 Å². The standard InChI is InChI=1S/C29H24BrN5O2S/c30-22-8-6-20(7-9-22)26(36)19-38-29-33-27(21-4-2-1-3-5-21)25(18-31)28(34-29)32-23-10-12-24(13-11-23)35-14-16-37-17-15-35/h1-13H,14-17,19H2,(H,32,33,34). The van der Waals surface area contributed by atoms with Gasteiger partial charge in [-0.1, -0.05) is 70.2 Å². The lowest BCUT2D eigenvalue weighted by Crippen LogP contribution is -2.36. The van der Waals surface area contributed by atoms with Crippen molar-refractivity contribution >= 4 is 50.7 Å². The fourth-order valence-corrected chi connectivity index (χ4v) is 5.07. The van der Waals surface area contributed by atoms with Gasteiger partial charge in [-0.25, -0.2) is 9.97 Å². The molecule has 5 rings (SSSR count). The van der Waals surface area contributed by atoms with Crippen LogP contribution in [0.2, 0.25) is 0 Å². The molecule has 3 aromatic carbocycles. The van der Waals surface area contributed by atoms with Crippen molar-refractivity contribution in [3.63, 3.8) is 0 Å². The lowest BCUT2D eigenvalue weighted by Gasteiger charge is -2.28. The Balaban J connectivity index is 1.43. The Morgan fingerprint density at radius 3 is 2.39 bits per heavy atom. The van der Waals surface area contributed by atoms with Crippen LogP contribution in [0.3, 0.4) is 0 Å². The van der Waals surface area contributed by atoms with E-state index in [0.717, 1.165) is 47.7 Å². The molecule has 7 nitrogen and oxygen atoms in total. The number of ether oxygens (including phenoxy) is 1. The fraction of sp³-hybridized carbons (Fsp3) is 0.172. The molecule has 1 aliphatic heterocycles. The number of carbonyl (C=O) groups excluding carboxylic acids is 1. The maximum Gasteiger partial charge on any atom is 0.190 e. The van der Waals surface area contributed by atoms with Gasteiger partial charge in [0.1, 0.15) is 11.6 Å². The number of benzene rings is 3. The summed E-state index contributed by atoms with van der Waals surface area (Å²) in [4.78, 5) is 24.4. The minimum atomic E-state index is -0.0232. The molecular formula is C29H24BrN5O2S. The largest absolute Gasteiger partial charge is 0.378 e. The van der Waals surface area contributed by atoms with E-state index in [1.165, 1.54) is 11.8 Å². The van der Waals surface area contributed by atoms with Crippen molar-refractivity contribution in [2.75, 3.05) is 42.3 Å².